The predicted octanol–water partition coefficient (Wildman–Crippen LogP) is 3.69. The van der Waals surface area contributed by atoms with E-state index >= 15 is 0 Å². The zero-order chi connectivity index (χ0) is 10.5. The van der Waals surface area contributed by atoms with Crippen LogP contribution in [0.15, 0.2) is 36.5 Å². The number of pyridine rings is 1. The summed E-state index contributed by atoms with van der Waals surface area (Å²) in [5.74, 6) is 1.12. The fraction of sp³-hybridized carbons (Fsp3) is 0.231. The van der Waals surface area contributed by atoms with Gasteiger partial charge in [-0.25, -0.2) is 0 Å². The van der Waals surface area contributed by atoms with E-state index in [1.165, 1.54) is 17.4 Å². The molecule has 2 rings (SSSR count). The van der Waals surface area contributed by atoms with E-state index in [2.05, 4.69) is 29.4 Å². The number of hydrogen-bond donors (Lipinski definition) is 0. The second kappa shape index (κ2) is 5.17. The SMILES string of the molecule is [CH2]SCCCc1cnc2ccccc2c1. The molecule has 0 amide bonds. The largest absolute Gasteiger partial charge is 0.256 e. The molecule has 0 unspecified atom stereocenters. The predicted molar refractivity (Wildman–Crippen MR) is 67.9 cm³/mol. The molecule has 0 saturated carbocycles. The summed E-state index contributed by atoms with van der Waals surface area (Å²) in [6, 6.07) is 10.5. The molecule has 1 nitrogen and oxygen atoms in total. The molecule has 0 fully saturated rings. The molecule has 0 bridgehead atoms. The van der Waals surface area contributed by atoms with Crippen LogP contribution in [0.5, 0.6) is 0 Å². The van der Waals surface area contributed by atoms with Crippen LogP contribution in [0, 0.1) is 6.26 Å². The van der Waals surface area contributed by atoms with Crippen molar-refractivity contribution < 1.29 is 0 Å². The van der Waals surface area contributed by atoms with Crippen LogP contribution in [0.1, 0.15) is 12.0 Å². The summed E-state index contributed by atoms with van der Waals surface area (Å²) in [4.78, 5) is 4.44. The summed E-state index contributed by atoms with van der Waals surface area (Å²) >= 11 is 1.65. The monoisotopic (exact) mass is 216 g/mol. The Balaban J connectivity index is 2.16. The molecule has 15 heavy (non-hydrogen) atoms. The second-order valence-electron chi connectivity index (χ2n) is 3.55. The highest BCUT2D eigenvalue weighted by Gasteiger charge is 1.97. The Kier molecular flexibility index (Phi) is 3.62. The van der Waals surface area contributed by atoms with Crippen LogP contribution in [-0.4, -0.2) is 10.7 Å². The molecule has 0 aliphatic carbocycles. The van der Waals surface area contributed by atoms with Crippen molar-refractivity contribution in [2.75, 3.05) is 5.75 Å². The quantitative estimate of drug-likeness (QED) is 0.723. The molecule has 0 aliphatic heterocycles. The van der Waals surface area contributed by atoms with E-state index < -0.39 is 0 Å². The zero-order valence-electron chi connectivity index (χ0n) is 8.65. The van der Waals surface area contributed by atoms with Crippen LogP contribution in [0.3, 0.4) is 0 Å². The van der Waals surface area contributed by atoms with Gasteiger partial charge in [0.15, 0.2) is 0 Å². The first-order valence-electron chi connectivity index (χ1n) is 5.11. The third-order valence-corrected chi connectivity index (χ3v) is 2.98. The van der Waals surface area contributed by atoms with Crippen LogP contribution >= 0.6 is 11.8 Å². The molecule has 2 aromatic rings. The van der Waals surface area contributed by atoms with E-state index in [4.69, 9.17) is 0 Å². The zero-order valence-corrected chi connectivity index (χ0v) is 9.46. The van der Waals surface area contributed by atoms with Gasteiger partial charge in [-0.15, -0.1) is 0 Å². The summed E-state index contributed by atoms with van der Waals surface area (Å²) in [6.07, 6.45) is 8.02. The number of rotatable bonds is 4. The molecule has 0 saturated heterocycles. The van der Waals surface area contributed by atoms with Crippen molar-refractivity contribution in [3.8, 4) is 0 Å². The van der Waals surface area contributed by atoms with E-state index in [1.807, 2.05) is 18.3 Å². The van der Waals surface area contributed by atoms with Crippen LogP contribution in [0.4, 0.5) is 0 Å². The van der Waals surface area contributed by atoms with Gasteiger partial charge in [0.1, 0.15) is 0 Å². The molecule has 1 aromatic heterocycles. The number of hydrogen-bond acceptors (Lipinski definition) is 2. The topological polar surface area (TPSA) is 12.9 Å². The lowest BCUT2D eigenvalue weighted by molar-refractivity contribution is 0.930. The first-order valence-corrected chi connectivity index (χ1v) is 6.26. The number of benzene rings is 1. The number of nitrogens with zero attached hydrogens (tertiary/aromatic N) is 1. The van der Waals surface area contributed by atoms with Gasteiger partial charge in [-0.1, -0.05) is 18.2 Å². The minimum atomic E-state index is 1.08. The van der Waals surface area contributed by atoms with Crippen molar-refractivity contribution in [2.45, 2.75) is 12.8 Å². The average molecular weight is 216 g/mol. The molecule has 1 radical (unpaired) electrons. The Bertz CT molecular complexity index is 439. The van der Waals surface area contributed by atoms with Gasteiger partial charge >= 0.3 is 0 Å². The first-order chi connectivity index (χ1) is 7.40. The maximum atomic E-state index is 4.44. The Morgan fingerprint density at radius 3 is 3.00 bits per heavy atom. The average Bonchev–Trinajstić information content (AvgIpc) is 2.29. The molecule has 0 N–H and O–H groups in total. The number of aryl methyl sites for hydroxylation is 1. The van der Waals surface area contributed by atoms with Gasteiger partial charge in [0.05, 0.1) is 5.52 Å². The number of fused-ring (bicyclic) bond motifs is 1. The Morgan fingerprint density at radius 1 is 1.27 bits per heavy atom. The lowest BCUT2D eigenvalue weighted by Crippen LogP contribution is -1.89. The van der Waals surface area contributed by atoms with Gasteiger partial charge in [0.2, 0.25) is 0 Å². The van der Waals surface area contributed by atoms with Crippen molar-refractivity contribution in [1.29, 1.82) is 0 Å². The number of aromatic nitrogens is 1. The van der Waals surface area contributed by atoms with Crippen molar-refractivity contribution in [3.05, 3.63) is 48.3 Å². The van der Waals surface area contributed by atoms with E-state index in [0.29, 0.717) is 0 Å². The number of thioether (sulfide) groups is 1. The third kappa shape index (κ3) is 2.72. The summed E-state index contributed by atoms with van der Waals surface area (Å²) in [5, 5.41) is 1.23. The molecule has 2 heteroatoms. The lowest BCUT2D eigenvalue weighted by Gasteiger charge is -2.02. The van der Waals surface area contributed by atoms with Gasteiger partial charge in [-0.3, -0.25) is 4.98 Å². The Labute approximate surface area is 94.9 Å². The van der Waals surface area contributed by atoms with Crippen molar-refractivity contribution in [1.82, 2.24) is 4.98 Å². The van der Waals surface area contributed by atoms with Gasteiger partial charge in [0, 0.05) is 17.8 Å². The maximum absolute atomic E-state index is 4.44. The highest BCUT2D eigenvalue weighted by atomic mass is 32.2. The van der Waals surface area contributed by atoms with Crippen LogP contribution in [0.25, 0.3) is 10.9 Å². The smallest absolute Gasteiger partial charge is 0.0702 e. The molecule has 1 heterocycles. The summed E-state index contributed by atoms with van der Waals surface area (Å²) in [7, 11) is 0. The Hall–Kier alpha value is -1.02. The maximum Gasteiger partial charge on any atom is 0.0702 e. The van der Waals surface area contributed by atoms with Gasteiger partial charge in [-0.2, -0.15) is 11.8 Å². The van der Waals surface area contributed by atoms with Crippen LogP contribution in [0.2, 0.25) is 0 Å². The van der Waals surface area contributed by atoms with Gasteiger partial charge in [-0.05, 0) is 36.3 Å². The standard InChI is InChI=1S/C13H14NS/c1-15-8-4-5-11-9-12-6-2-3-7-13(12)14-10-11/h2-3,6-7,9-10H,1,4-5,8H2. The Morgan fingerprint density at radius 2 is 2.13 bits per heavy atom. The van der Waals surface area contributed by atoms with Gasteiger partial charge in [0.25, 0.3) is 0 Å². The summed E-state index contributed by atoms with van der Waals surface area (Å²) in [6.45, 7) is 0. The molecule has 0 spiro atoms. The highest BCUT2D eigenvalue weighted by Crippen LogP contribution is 2.14. The minimum absolute atomic E-state index is 1.08. The van der Waals surface area contributed by atoms with Crippen LogP contribution < -0.4 is 0 Å². The molecule has 1 aromatic carbocycles. The lowest BCUT2D eigenvalue weighted by atomic mass is 10.1. The third-order valence-electron chi connectivity index (χ3n) is 2.40. The van der Waals surface area contributed by atoms with Crippen molar-refractivity contribution >= 4 is 22.7 Å². The summed E-state index contributed by atoms with van der Waals surface area (Å²) in [5.41, 5.74) is 2.40. The van der Waals surface area contributed by atoms with E-state index in [0.717, 1.165) is 17.7 Å². The fourth-order valence-electron chi connectivity index (χ4n) is 1.63. The highest BCUT2D eigenvalue weighted by molar-refractivity contribution is 8.00. The minimum Gasteiger partial charge on any atom is -0.256 e. The second-order valence-corrected chi connectivity index (χ2v) is 4.36. The number of para-hydroxylation sites is 1. The molecular weight excluding hydrogens is 202 g/mol. The molecule has 0 atom stereocenters. The first kappa shape index (κ1) is 10.5. The van der Waals surface area contributed by atoms with Gasteiger partial charge < -0.3 is 0 Å². The van der Waals surface area contributed by atoms with E-state index in [-0.39, 0.29) is 0 Å². The molecular formula is C13H14NS. The fourth-order valence-corrected chi connectivity index (χ4v) is 1.98. The van der Waals surface area contributed by atoms with Crippen LogP contribution in [-0.2, 0) is 6.42 Å². The molecule has 0 aliphatic rings. The van der Waals surface area contributed by atoms with Crippen molar-refractivity contribution in [2.24, 2.45) is 0 Å². The normalized spacial score (nSPS) is 10.7. The van der Waals surface area contributed by atoms with E-state index in [1.54, 1.807) is 11.8 Å². The van der Waals surface area contributed by atoms with E-state index in [9.17, 15) is 0 Å². The van der Waals surface area contributed by atoms with Crippen molar-refractivity contribution in [3.63, 3.8) is 0 Å². The summed E-state index contributed by atoms with van der Waals surface area (Å²) < 4.78 is 0. The molecule has 77 valence electrons.